The summed E-state index contributed by atoms with van der Waals surface area (Å²) in [5, 5.41) is 7.34. The van der Waals surface area contributed by atoms with Crippen LogP contribution in [0.25, 0.3) is 5.70 Å². The molecule has 2 N–H and O–H groups in total. The quantitative estimate of drug-likeness (QED) is 0.744. The molecule has 0 saturated carbocycles. The zero-order chi connectivity index (χ0) is 18.1. The molecule has 0 bridgehead atoms. The minimum Gasteiger partial charge on any atom is -0.376 e. The molecule has 3 nitrogen and oxygen atoms in total. The molecule has 0 spiro atoms. The van der Waals surface area contributed by atoms with E-state index in [-0.39, 0.29) is 11.0 Å². The Kier molecular flexibility index (Phi) is 3.35. The van der Waals surface area contributed by atoms with Crippen LogP contribution < -0.4 is 10.6 Å². The number of nitrogens with zero attached hydrogens (tertiary/aromatic N) is 1. The summed E-state index contributed by atoms with van der Waals surface area (Å²) in [5.41, 5.74) is 11.1. The molecule has 1 aliphatic carbocycles. The lowest BCUT2D eigenvalue weighted by Crippen LogP contribution is -2.46. The minimum atomic E-state index is -0.0741. The molecule has 0 atom stereocenters. The first kappa shape index (κ1) is 16.6. The van der Waals surface area contributed by atoms with Gasteiger partial charge in [-0.05, 0) is 68.4 Å². The maximum absolute atomic E-state index is 4.47. The molecule has 25 heavy (non-hydrogen) atoms. The molecule has 134 valence electrons. The number of rotatable bonds is 1. The van der Waals surface area contributed by atoms with Gasteiger partial charge in [-0.25, -0.2) is 0 Å². The predicted molar refractivity (Wildman–Crippen MR) is 107 cm³/mol. The molecule has 4 rings (SSSR count). The lowest BCUT2D eigenvalue weighted by molar-refractivity contribution is 0.485. The van der Waals surface area contributed by atoms with E-state index in [1.165, 1.54) is 53.0 Å². The van der Waals surface area contributed by atoms with E-state index in [9.17, 15) is 0 Å². The Bertz CT molecular complexity index is 811. The standard InChI is InChI=1S/C22H31N3/c1-13-20(25(7)12-23-13)17-11-18-19(16-10-8-9-15(16)17)24-22(5,6)14(2)21(18,3)4/h11,23-24H,2,8-10,12H2,1,3-7H3. The Labute approximate surface area is 152 Å². The van der Waals surface area contributed by atoms with Crippen molar-refractivity contribution < 1.29 is 0 Å². The summed E-state index contributed by atoms with van der Waals surface area (Å²) in [7, 11) is 2.19. The van der Waals surface area contributed by atoms with E-state index in [2.05, 4.69) is 69.8 Å². The number of fused-ring (bicyclic) bond motifs is 3. The van der Waals surface area contributed by atoms with Crippen LogP contribution in [0, 0.1) is 0 Å². The van der Waals surface area contributed by atoms with Crippen LogP contribution in [0.4, 0.5) is 5.69 Å². The van der Waals surface area contributed by atoms with Crippen molar-refractivity contribution in [1.29, 1.82) is 0 Å². The molecule has 0 fully saturated rings. The number of anilines is 1. The van der Waals surface area contributed by atoms with Gasteiger partial charge in [0, 0.05) is 29.4 Å². The third kappa shape index (κ3) is 2.17. The largest absolute Gasteiger partial charge is 0.376 e. The highest BCUT2D eigenvalue weighted by Gasteiger charge is 2.43. The maximum Gasteiger partial charge on any atom is 0.0872 e. The molecule has 0 unspecified atom stereocenters. The first-order valence-electron chi connectivity index (χ1n) is 9.48. The summed E-state index contributed by atoms with van der Waals surface area (Å²) >= 11 is 0. The second kappa shape index (κ2) is 5.06. The molecule has 0 saturated heterocycles. The SMILES string of the molecule is C=C1C(C)(C)Nc2c(cc(C3=C(C)NCN3C)c3c2CCC3)C1(C)C. The van der Waals surface area contributed by atoms with E-state index in [0.29, 0.717) is 0 Å². The van der Waals surface area contributed by atoms with Crippen LogP contribution in [-0.2, 0) is 18.3 Å². The molecule has 2 aliphatic heterocycles. The molecule has 0 amide bonds. The molecule has 1 aromatic rings. The van der Waals surface area contributed by atoms with Crippen LogP contribution >= 0.6 is 0 Å². The Balaban J connectivity index is 2.01. The topological polar surface area (TPSA) is 27.3 Å². The van der Waals surface area contributed by atoms with Crippen LogP contribution in [-0.4, -0.2) is 24.2 Å². The van der Waals surface area contributed by atoms with Gasteiger partial charge in [-0.1, -0.05) is 20.4 Å². The Morgan fingerprint density at radius 2 is 1.80 bits per heavy atom. The zero-order valence-electron chi connectivity index (χ0n) is 16.6. The van der Waals surface area contributed by atoms with Gasteiger partial charge in [0.15, 0.2) is 0 Å². The Morgan fingerprint density at radius 3 is 2.44 bits per heavy atom. The van der Waals surface area contributed by atoms with Crippen LogP contribution in [0.3, 0.4) is 0 Å². The number of benzene rings is 1. The van der Waals surface area contributed by atoms with Gasteiger partial charge >= 0.3 is 0 Å². The summed E-state index contributed by atoms with van der Waals surface area (Å²) in [6, 6.07) is 2.45. The van der Waals surface area contributed by atoms with Crippen LogP contribution in [0.1, 0.15) is 63.3 Å². The van der Waals surface area contributed by atoms with Gasteiger partial charge in [-0.15, -0.1) is 0 Å². The summed E-state index contributed by atoms with van der Waals surface area (Å²) in [5.74, 6) is 0. The Hall–Kier alpha value is -1.90. The third-order valence-electron chi connectivity index (χ3n) is 6.60. The number of hydrogen-bond acceptors (Lipinski definition) is 3. The zero-order valence-corrected chi connectivity index (χ0v) is 16.6. The van der Waals surface area contributed by atoms with E-state index in [1.54, 1.807) is 11.1 Å². The third-order valence-corrected chi connectivity index (χ3v) is 6.60. The molecule has 1 aromatic carbocycles. The Morgan fingerprint density at radius 1 is 1.12 bits per heavy atom. The monoisotopic (exact) mass is 337 g/mol. The van der Waals surface area contributed by atoms with Crippen LogP contribution in [0.5, 0.6) is 0 Å². The molecular weight excluding hydrogens is 306 g/mol. The fraction of sp³-hybridized carbons (Fsp3) is 0.545. The lowest BCUT2D eigenvalue weighted by Gasteiger charge is -2.47. The van der Waals surface area contributed by atoms with Crippen molar-refractivity contribution in [2.75, 3.05) is 19.0 Å². The average molecular weight is 338 g/mol. The molecule has 0 radical (unpaired) electrons. The first-order chi connectivity index (χ1) is 11.6. The number of hydrogen-bond donors (Lipinski definition) is 2. The van der Waals surface area contributed by atoms with Gasteiger partial charge in [0.05, 0.1) is 17.9 Å². The van der Waals surface area contributed by atoms with Crippen molar-refractivity contribution in [2.24, 2.45) is 0 Å². The van der Waals surface area contributed by atoms with Gasteiger partial charge in [-0.2, -0.15) is 0 Å². The average Bonchev–Trinajstić information content (AvgIpc) is 3.13. The highest BCUT2D eigenvalue weighted by molar-refractivity contribution is 5.80. The maximum atomic E-state index is 4.47. The van der Waals surface area contributed by atoms with Crippen molar-refractivity contribution in [3.63, 3.8) is 0 Å². The number of allylic oxidation sites excluding steroid dienone is 1. The fourth-order valence-corrected chi connectivity index (χ4v) is 5.06. The predicted octanol–water partition coefficient (Wildman–Crippen LogP) is 4.39. The van der Waals surface area contributed by atoms with Crippen LogP contribution in [0.15, 0.2) is 23.9 Å². The normalized spacial score (nSPS) is 23.3. The highest BCUT2D eigenvalue weighted by atomic mass is 15.3. The second-order valence-electron chi connectivity index (χ2n) is 9.02. The van der Waals surface area contributed by atoms with E-state index in [1.807, 2.05) is 0 Å². The van der Waals surface area contributed by atoms with Gasteiger partial charge < -0.3 is 15.5 Å². The first-order valence-corrected chi connectivity index (χ1v) is 9.48. The van der Waals surface area contributed by atoms with Gasteiger partial charge in [0.1, 0.15) is 0 Å². The minimum absolute atomic E-state index is 0.0322. The summed E-state index contributed by atoms with van der Waals surface area (Å²) in [6.45, 7) is 16.8. The summed E-state index contributed by atoms with van der Waals surface area (Å²) in [6.07, 6.45) is 3.62. The van der Waals surface area contributed by atoms with Gasteiger partial charge in [0.25, 0.3) is 0 Å². The van der Waals surface area contributed by atoms with E-state index < -0.39 is 0 Å². The smallest absolute Gasteiger partial charge is 0.0872 e. The van der Waals surface area contributed by atoms with Crippen molar-refractivity contribution in [2.45, 2.75) is 64.8 Å². The molecule has 0 aromatic heterocycles. The van der Waals surface area contributed by atoms with Crippen molar-refractivity contribution in [1.82, 2.24) is 10.2 Å². The highest BCUT2D eigenvalue weighted by Crippen LogP contribution is 2.51. The number of nitrogens with one attached hydrogen (secondary N) is 2. The lowest BCUT2D eigenvalue weighted by atomic mass is 9.66. The van der Waals surface area contributed by atoms with E-state index >= 15 is 0 Å². The molecule has 2 heterocycles. The molecule has 3 heteroatoms. The van der Waals surface area contributed by atoms with Crippen LogP contribution in [0.2, 0.25) is 0 Å². The van der Waals surface area contributed by atoms with Crippen molar-refractivity contribution in [3.8, 4) is 0 Å². The van der Waals surface area contributed by atoms with Gasteiger partial charge in [-0.3, -0.25) is 0 Å². The fourth-order valence-electron chi connectivity index (χ4n) is 5.06. The summed E-state index contributed by atoms with van der Waals surface area (Å²) in [4.78, 5) is 2.34. The molecule has 3 aliphatic rings. The second-order valence-corrected chi connectivity index (χ2v) is 9.02. The van der Waals surface area contributed by atoms with Crippen molar-refractivity contribution in [3.05, 3.63) is 46.2 Å². The summed E-state index contributed by atoms with van der Waals surface area (Å²) < 4.78 is 0. The van der Waals surface area contributed by atoms with Crippen molar-refractivity contribution >= 4 is 11.4 Å². The van der Waals surface area contributed by atoms with E-state index in [0.717, 1.165) is 6.67 Å². The van der Waals surface area contributed by atoms with E-state index in [4.69, 9.17) is 0 Å². The molecular formula is C22H31N3. The van der Waals surface area contributed by atoms with Gasteiger partial charge in [0.2, 0.25) is 0 Å².